The molecule has 1 aliphatic carbocycles. The van der Waals surface area contributed by atoms with Crippen molar-refractivity contribution < 1.29 is 28.7 Å². The molecule has 1 fully saturated rings. The van der Waals surface area contributed by atoms with Crippen LogP contribution in [-0.4, -0.2) is 66.7 Å². The number of nitrogens with zero attached hydrogens (tertiary/aromatic N) is 4. The van der Waals surface area contributed by atoms with Gasteiger partial charge in [0.15, 0.2) is 11.5 Å². The normalized spacial score (nSPS) is 17.5. The number of ether oxygens (including phenoxy) is 2. The molecule has 5 N–H and O–H groups in total. The van der Waals surface area contributed by atoms with E-state index in [1.807, 2.05) is 13.8 Å². The third-order valence-corrected chi connectivity index (χ3v) is 8.78. The summed E-state index contributed by atoms with van der Waals surface area (Å²) >= 11 is 0. The number of nitrogen functional groups attached to an aromatic ring is 1. The van der Waals surface area contributed by atoms with E-state index in [9.17, 15) is 19.3 Å². The lowest BCUT2D eigenvalue weighted by molar-refractivity contribution is -0.151. The van der Waals surface area contributed by atoms with E-state index in [0.29, 0.717) is 30.6 Å². The minimum absolute atomic E-state index is 0.232. The molecule has 0 amide bonds. The lowest BCUT2D eigenvalue weighted by atomic mass is 10.0. The highest BCUT2D eigenvalue weighted by atomic mass is 31.2. The van der Waals surface area contributed by atoms with Gasteiger partial charge in [-0.3, -0.25) is 14.2 Å². The Morgan fingerprint density at radius 1 is 1.27 bits per heavy atom. The van der Waals surface area contributed by atoms with E-state index in [-0.39, 0.29) is 24.7 Å². The quantitative estimate of drug-likeness (QED) is 0.192. The largest absolute Gasteiger partial charge is 0.480 e. The van der Waals surface area contributed by atoms with Gasteiger partial charge in [-0.05, 0) is 39.5 Å². The second-order valence-corrected chi connectivity index (χ2v) is 12.4. The second kappa shape index (κ2) is 11.4. The molecule has 14 heteroatoms. The summed E-state index contributed by atoms with van der Waals surface area (Å²) in [6.07, 6.45) is 4.48. The van der Waals surface area contributed by atoms with Gasteiger partial charge in [-0.1, -0.05) is 26.7 Å². The molecule has 0 saturated heterocycles. The molecule has 0 aliphatic heterocycles. The van der Waals surface area contributed by atoms with E-state index in [2.05, 4.69) is 25.1 Å². The number of carbonyl (C=O) groups is 2. The van der Waals surface area contributed by atoms with Crippen molar-refractivity contribution in [3.05, 3.63) is 12.7 Å². The van der Waals surface area contributed by atoms with Gasteiger partial charge < -0.3 is 24.9 Å². The van der Waals surface area contributed by atoms with E-state index < -0.39 is 36.6 Å². The van der Waals surface area contributed by atoms with Crippen LogP contribution in [0.1, 0.15) is 60.3 Å². The van der Waals surface area contributed by atoms with Gasteiger partial charge in [-0.2, -0.15) is 0 Å². The Bertz CT molecular complexity index is 1160. The summed E-state index contributed by atoms with van der Waals surface area (Å²) in [4.78, 5) is 37.1. The van der Waals surface area contributed by atoms with Crippen LogP contribution in [0.3, 0.4) is 0 Å². The van der Waals surface area contributed by atoms with E-state index in [4.69, 9.17) is 15.2 Å². The van der Waals surface area contributed by atoms with Gasteiger partial charge >= 0.3 is 11.9 Å². The van der Waals surface area contributed by atoms with Gasteiger partial charge in [-0.25, -0.2) is 25.1 Å². The highest BCUT2D eigenvalue weighted by molar-refractivity contribution is 7.59. The zero-order valence-corrected chi connectivity index (χ0v) is 23.0. The molecular weight excluding hydrogens is 501 g/mol. The Kier molecular flexibility index (Phi) is 8.94. The van der Waals surface area contributed by atoms with Crippen molar-refractivity contribution in [2.24, 2.45) is 5.92 Å². The number of esters is 1. The van der Waals surface area contributed by atoms with Crippen LogP contribution < -0.4 is 15.9 Å². The number of rotatable bonds is 15. The highest BCUT2D eigenvalue weighted by Gasteiger charge is 2.55. The number of carbonyl (C=O) groups excluding carboxylic acids is 1. The molecule has 0 spiro atoms. The van der Waals surface area contributed by atoms with Crippen molar-refractivity contribution in [3.63, 3.8) is 0 Å². The molecule has 2 atom stereocenters. The lowest BCUT2D eigenvalue weighted by Crippen LogP contribution is -2.51. The average Bonchev–Trinajstić information content (AvgIpc) is 3.50. The van der Waals surface area contributed by atoms with Crippen molar-refractivity contribution in [2.45, 2.75) is 84.0 Å². The van der Waals surface area contributed by atoms with Gasteiger partial charge in [0.05, 0.1) is 25.6 Å². The number of carboxylic acids is 1. The second-order valence-electron chi connectivity index (χ2n) is 10.2. The van der Waals surface area contributed by atoms with Crippen molar-refractivity contribution in [1.82, 2.24) is 29.7 Å². The van der Waals surface area contributed by atoms with Crippen LogP contribution in [0.4, 0.5) is 5.82 Å². The molecule has 13 nitrogen and oxygen atoms in total. The first-order valence-corrected chi connectivity index (χ1v) is 14.4. The van der Waals surface area contributed by atoms with Crippen molar-refractivity contribution in [1.29, 1.82) is 0 Å². The minimum atomic E-state index is -3.74. The predicted octanol–water partition coefficient (Wildman–Crippen LogP) is 2.52. The first-order valence-electron chi connectivity index (χ1n) is 12.5. The molecule has 2 aromatic heterocycles. The first-order chi connectivity index (χ1) is 17.3. The number of aliphatic carboxylic acids is 1. The summed E-state index contributed by atoms with van der Waals surface area (Å²) in [5, 5.41) is 15.3. The third kappa shape index (κ3) is 7.04. The van der Waals surface area contributed by atoms with Gasteiger partial charge in [-0.15, -0.1) is 0 Å². The average molecular weight is 540 g/mol. The maximum Gasteiger partial charge on any atom is 0.326 e. The summed E-state index contributed by atoms with van der Waals surface area (Å²) in [6.45, 7) is 9.52. The monoisotopic (exact) mass is 539 g/mol. The highest BCUT2D eigenvalue weighted by Crippen LogP contribution is 2.49. The van der Waals surface area contributed by atoms with Crippen LogP contribution in [-0.2, 0) is 30.2 Å². The summed E-state index contributed by atoms with van der Waals surface area (Å²) in [5.74, 6) is -1.18. The Morgan fingerprint density at radius 3 is 2.54 bits per heavy atom. The number of nitrogens with two attached hydrogens (primary N) is 1. The van der Waals surface area contributed by atoms with E-state index >= 15 is 0 Å². The minimum Gasteiger partial charge on any atom is -0.480 e. The molecular formula is C23H38N7O6P. The summed E-state index contributed by atoms with van der Waals surface area (Å²) in [5.41, 5.74) is 4.17. The molecule has 2 heterocycles. The smallest absolute Gasteiger partial charge is 0.326 e. The molecule has 206 valence electrons. The van der Waals surface area contributed by atoms with Crippen molar-refractivity contribution in [2.75, 3.05) is 18.7 Å². The van der Waals surface area contributed by atoms with Gasteiger partial charge in [0, 0.05) is 0 Å². The van der Waals surface area contributed by atoms with Gasteiger partial charge in [0.1, 0.15) is 29.3 Å². The molecule has 1 aliphatic rings. The van der Waals surface area contributed by atoms with Crippen LogP contribution >= 0.6 is 7.44 Å². The predicted molar refractivity (Wildman–Crippen MR) is 138 cm³/mol. The molecule has 0 aromatic carbocycles. The Labute approximate surface area is 216 Å². The number of hydrogen-bond acceptors (Lipinski definition) is 9. The number of fused-ring (bicyclic) bond motifs is 1. The van der Waals surface area contributed by atoms with Crippen LogP contribution in [0.15, 0.2) is 12.7 Å². The zero-order chi connectivity index (χ0) is 27.4. The maximum atomic E-state index is 14.0. The van der Waals surface area contributed by atoms with E-state index in [0.717, 1.165) is 12.8 Å². The number of carboxylic acid groups (broad SMARTS) is 1. The Hall–Kier alpha value is -2.60. The number of aromatic nitrogens is 4. The Balaban J connectivity index is 1.71. The topological polar surface area (TPSA) is 184 Å². The molecule has 0 unspecified atom stereocenters. The molecule has 0 bridgehead atoms. The molecule has 0 radical (unpaired) electrons. The fourth-order valence-electron chi connectivity index (χ4n) is 3.93. The first kappa shape index (κ1) is 29.0. The Morgan fingerprint density at radius 2 is 1.95 bits per heavy atom. The molecule has 3 rings (SSSR count). The van der Waals surface area contributed by atoms with E-state index in [1.54, 1.807) is 31.7 Å². The van der Waals surface area contributed by atoms with Crippen LogP contribution in [0.25, 0.3) is 11.2 Å². The standard InChI is InChI=1S/C23H38N7O6P/c1-6-16(7-2)11-35-21(33)22(4,5)28-37(34,29-23(8-9-23)20(31)32)14-36-15(3)10-30-13-27-17-18(24)25-12-26-19(17)30/h12-13,15-16H,6-11,14H2,1-5H3,(H,31,32)(H2,24,25,26)(H2,28,29,34)/t15-,37-/m1/s1. The number of imidazole rings is 1. The summed E-state index contributed by atoms with van der Waals surface area (Å²) in [6, 6.07) is 0. The molecule has 37 heavy (non-hydrogen) atoms. The fourth-order valence-corrected chi connectivity index (χ4v) is 6.58. The SMILES string of the molecule is CCC(CC)COC(=O)C(C)(C)N[P@](=O)(CO[C@H](C)Cn1cnc2c(N)ncnc21)NC1(C(=O)O)CC1. The number of nitrogens with one attached hydrogen (secondary N) is 2. The molecule has 2 aromatic rings. The fraction of sp³-hybridized carbons (Fsp3) is 0.696. The number of anilines is 1. The van der Waals surface area contributed by atoms with Gasteiger partial charge in [0.25, 0.3) is 0 Å². The van der Waals surface area contributed by atoms with Crippen molar-refractivity contribution >= 4 is 36.4 Å². The maximum absolute atomic E-state index is 14.0. The van der Waals surface area contributed by atoms with Crippen molar-refractivity contribution in [3.8, 4) is 0 Å². The van der Waals surface area contributed by atoms with Crippen LogP contribution in [0.2, 0.25) is 0 Å². The third-order valence-electron chi connectivity index (χ3n) is 6.55. The van der Waals surface area contributed by atoms with Crippen LogP contribution in [0.5, 0.6) is 0 Å². The number of hydrogen-bond donors (Lipinski definition) is 4. The zero-order valence-electron chi connectivity index (χ0n) is 22.1. The summed E-state index contributed by atoms with van der Waals surface area (Å²) < 4.78 is 27.2. The lowest BCUT2D eigenvalue weighted by Gasteiger charge is -2.33. The van der Waals surface area contributed by atoms with Gasteiger partial charge in [0.2, 0.25) is 7.44 Å². The van der Waals surface area contributed by atoms with E-state index in [1.165, 1.54) is 6.33 Å². The molecule has 1 saturated carbocycles. The van der Waals surface area contributed by atoms with Crippen LogP contribution in [0, 0.1) is 5.92 Å². The summed E-state index contributed by atoms with van der Waals surface area (Å²) in [7, 11) is -3.74.